The van der Waals surface area contributed by atoms with Crippen molar-refractivity contribution in [1.82, 2.24) is 0 Å². The van der Waals surface area contributed by atoms with Gasteiger partial charge in [0.15, 0.2) is 16.6 Å². The standard InChI is InChI=1S/C16H28O2Si2/c1-6-13-19(2,3)18-20(4,5)14-9-11-15-10-7-8-12-16(15)17/h6-8,10,12,17H,1,9,11,13-14H2,2-5H3. The number of allylic oxidation sites excluding steroid dienone is 1. The van der Waals surface area contributed by atoms with E-state index in [2.05, 4.69) is 32.8 Å². The van der Waals surface area contributed by atoms with E-state index >= 15 is 0 Å². The van der Waals surface area contributed by atoms with Crippen molar-refractivity contribution in [2.45, 2.75) is 51.1 Å². The van der Waals surface area contributed by atoms with Crippen molar-refractivity contribution < 1.29 is 9.22 Å². The van der Waals surface area contributed by atoms with E-state index in [0.29, 0.717) is 5.75 Å². The van der Waals surface area contributed by atoms with Crippen LogP contribution in [0.2, 0.25) is 38.3 Å². The van der Waals surface area contributed by atoms with Crippen LogP contribution < -0.4 is 0 Å². The van der Waals surface area contributed by atoms with Gasteiger partial charge in [-0.25, -0.2) is 0 Å². The lowest BCUT2D eigenvalue weighted by Gasteiger charge is -2.33. The van der Waals surface area contributed by atoms with Crippen LogP contribution in [-0.4, -0.2) is 21.7 Å². The van der Waals surface area contributed by atoms with Crippen molar-refractivity contribution in [3.8, 4) is 5.75 Å². The fourth-order valence-electron chi connectivity index (χ4n) is 2.62. The zero-order valence-corrected chi connectivity index (χ0v) is 15.3. The predicted octanol–water partition coefficient (Wildman–Crippen LogP) is 4.94. The second-order valence-corrected chi connectivity index (χ2v) is 15.4. The minimum Gasteiger partial charge on any atom is -0.508 e. The first-order valence-electron chi connectivity index (χ1n) is 7.34. The molecule has 0 radical (unpaired) electrons. The molecule has 20 heavy (non-hydrogen) atoms. The molecule has 0 unspecified atom stereocenters. The van der Waals surface area contributed by atoms with Gasteiger partial charge in [0.2, 0.25) is 0 Å². The summed E-state index contributed by atoms with van der Waals surface area (Å²) in [5.41, 5.74) is 1.04. The number of aryl methyl sites for hydroxylation is 1. The Hall–Kier alpha value is -0.846. The average molecular weight is 309 g/mol. The van der Waals surface area contributed by atoms with Gasteiger partial charge in [-0.1, -0.05) is 24.3 Å². The zero-order chi connectivity index (χ0) is 15.2. The normalized spacial score (nSPS) is 12.4. The fraction of sp³-hybridized carbons (Fsp3) is 0.500. The Morgan fingerprint density at radius 1 is 1.15 bits per heavy atom. The van der Waals surface area contributed by atoms with E-state index < -0.39 is 16.6 Å². The number of para-hydroxylation sites is 1. The minimum absolute atomic E-state index is 0.411. The number of hydrogen-bond acceptors (Lipinski definition) is 2. The van der Waals surface area contributed by atoms with Crippen LogP contribution in [-0.2, 0) is 10.5 Å². The SMILES string of the molecule is C=CC[Si](C)(C)O[Si](C)(C)CCCc1ccccc1O. The number of benzene rings is 1. The average Bonchev–Trinajstić information content (AvgIpc) is 2.29. The van der Waals surface area contributed by atoms with Gasteiger partial charge in [0.1, 0.15) is 5.75 Å². The maximum atomic E-state index is 9.77. The van der Waals surface area contributed by atoms with Crippen LogP contribution in [0.4, 0.5) is 0 Å². The Kier molecular flexibility index (Phi) is 6.23. The third-order valence-electron chi connectivity index (χ3n) is 3.41. The second kappa shape index (κ2) is 7.24. The summed E-state index contributed by atoms with van der Waals surface area (Å²) in [5.74, 6) is 0.411. The van der Waals surface area contributed by atoms with E-state index in [-0.39, 0.29) is 0 Å². The predicted molar refractivity (Wildman–Crippen MR) is 92.3 cm³/mol. The first-order chi connectivity index (χ1) is 9.26. The fourth-order valence-corrected chi connectivity index (χ4v) is 11.1. The van der Waals surface area contributed by atoms with Gasteiger partial charge in [-0.05, 0) is 62.7 Å². The number of rotatable bonds is 8. The summed E-state index contributed by atoms with van der Waals surface area (Å²) in [5, 5.41) is 9.77. The Morgan fingerprint density at radius 2 is 1.80 bits per heavy atom. The molecule has 0 heterocycles. The van der Waals surface area contributed by atoms with Gasteiger partial charge >= 0.3 is 0 Å². The van der Waals surface area contributed by atoms with Crippen molar-refractivity contribution in [2.24, 2.45) is 0 Å². The summed E-state index contributed by atoms with van der Waals surface area (Å²) in [4.78, 5) is 0. The van der Waals surface area contributed by atoms with Crippen molar-refractivity contribution in [3.05, 3.63) is 42.5 Å². The second-order valence-electron chi connectivity index (χ2n) is 6.60. The van der Waals surface area contributed by atoms with E-state index in [1.807, 2.05) is 24.3 Å². The number of aromatic hydroxyl groups is 1. The zero-order valence-electron chi connectivity index (χ0n) is 13.3. The molecule has 2 nitrogen and oxygen atoms in total. The summed E-state index contributed by atoms with van der Waals surface area (Å²) < 4.78 is 6.48. The van der Waals surface area contributed by atoms with Crippen molar-refractivity contribution in [1.29, 1.82) is 0 Å². The molecule has 0 bridgehead atoms. The van der Waals surface area contributed by atoms with Crippen LogP contribution in [0.5, 0.6) is 5.75 Å². The quantitative estimate of drug-likeness (QED) is 0.544. The van der Waals surface area contributed by atoms with Crippen molar-refractivity contribution in [2.75, 3.05) is 0 Å². The molecule has 0 aliphatic heterocycles. The van der Waals surface area contributed by atoms with Crippen LogP contribution in [0.15, 0.2) is 36.9 Å². The molecular weight excluding hydrogens is 280 g/mol. The smallest absolute Gasteiger partial charge is 0.177 e. The molecule has 4 heteroatoms. The molecule has 112 valence electrons. The van der Waals surface area contributed by atoms with Gasteiger partial charge in [0, 0.05) is 0 Å². The highest BCUT2D eigenvalue weighted by atomic mass is 28.4. The maximum absolute atomic E-state index is 9.77. The van der Waals surface area contributed by atoms with Crippen molar-refractivity contribution in [3.63, 3.8) is 0 Å². The van der Waals surface area contributed by atoms with Crippen LogP contribution in [0.25, 0.3) is 0 Å². The first-order valence-corrected chi connectivity index (χ1v) is 13.6. The third kappa shape index (κ3) is 6.07. The topological polar surface area (TPSA) is 29.5 Å². The summed E-state index contributed by atoms with van der Waals surface area (Å²) in [6.45, 7) is 13.0. The Bertz CT molecular complexity index is 442. The highest BCUT2D eigenvalue weighted by molar-refractivity contribution is 6.85. The molecule has 0 saturated carbocycles. The van der Waals surface area contributed by atoms with E-state index in [1.54, 1.807) is 6.07 Å². The summed E-state index contributed by atoms with van der Waals surface area (Å²) in [6.07, 6.45) is 3.99. The Morgan fingerprint density at radius 3 is 2.40 bits per heavy atom. The molecular formula is C16H28O2Si2. The molecule has 0 aliphatic carbocycles. The lowest BCUT2D eigenvalue weighted by Crippen LogP contribution is -2.43. The van der Waals surface area contributed by atoms with Gasteiger partial charge in [-0.2, -0.15) is 0 Å². The van der Waals surface area contributed by atoms with Gasteiger partial charge in [0.05, 0.1) is 0 Å². The lowest BCUT2D eigenvalue weighted by molar-refractivity contribution is 0.467. The molecule has 0 fully saturated rings. The van der Waals surface area contributed by atoms with Gasteiger partial charge in [-0.3, -0.25) is 0 Å². The van der Waals surface area contributed by atoms with Gasteiger partial charge in [0.25, 0.3) is 0 Å². The molecule has 1 N–H and O–H groups in total. The van der Waals surface area contributed by atoms with Gasteiger partial charge in [-0.15, -0.1) is 6.58 Å². The number of hydrogen-bond donors (Lipinski definition) is 1. The molecule has 0 atom stereocenters. The largest absolute Gasteiger partial charge is 0.508 e. The lowest BCUT2D eigenvalue weighted by atomic mass is 10.1. The maximum Gasteiger partial charge on any atom is 0.177 e. The minimum atomic E-state index is -1.61. The van der Waals surface area contributed by atoms with Crippen LogP contribution >= 0.6 is 0 Å². The highest BCUT2D eigenvalue weighted by Gasteiger charge is 2.31. The Labute approximate surface area is 125 Å². The third-order valence-corrected chi connectivity index (χ3v) is 10.7. The molecule has 1 aromatic rings. The van der Waals surface area contributed by atoms with Crippen LogP contribution in [0.1, 0.15) is 12.0 Å². The molecule has 1 rings (SSSR count). The molecule has 0 amide bonds. The van der Waals surface area contributed by atoms with Crippen molar-refractivity contribution >= 4 is 16.6 Å². The summed E-state index contributed by atoms with van der Waals surface area (Å²) >= 11 is 0. The van der Waals surface area contributed by atoms with Gasteiger partial charge < -0.3 is 9.22 Å². The number of phenolic OH excluding ortho intramolecular Hbond substituents is 1. The van der Waals surface area contributed by atoms with E-state index in [0.717, 1.165) is 30.5 Å². The molecule has 1 aromatic carbocycles. The summed E-state index contributed by atoms with van der Waals surface area (Å²) in [6, 6.07) is 9.76. The van der Waals surface area contributed by atoms with Crippen LogP contribution in [0, 0.1) is 0 Å². The molecule has 0 saturated heterocycles. The molecule has 0 aliphatic rings. The van der Waals surface area contributed by atoms with E-state index in [4.69, 9.17) is 4.12 Å². The monoisotopic (exact) mass is 308 g/mol. The molecule has 0 aromatic heterocycles. The highest BCUT2D eigenvalue weighted by Crippen LogP contribution is 2.25. The van der Waals surface area contributed by atoms with E-state index in [1.165, 1.54) is 0 Å². The van der Waals surface area contributed by atoms with E-state index in [9.17, 15) is 5.11 Å². The first kappa shape index (κ1) is 17.2. The molecule has 0 spiro atoms. The number of phenols is 1. The Balaban J connectivity index is 2.47. The summed E-state index contributed by atoms with van der Waals surface area (Å²) in [7, 11) is -3.20. The van der Waals surface area contributed by atoms with Crippen LogP contribution in [0.3, 0.4) is 0 Å².